The SMILES string of the molecule is CN(CC1(CN)CC1)C(=O)CCCc1cccnc1. The lowest BCUT2D eigenvalue weighted by molar-refractivity contribution is -0.130. The first-order chi connectivity index (χ1) is 9.15. The summed E-state index contributed by atoms with van der Waals surface area (Å²) in [5.74, 6) is 0.226. The number of aromatic nitrogens is 1. The number of hydrogen-bond donors (Lipinski definition) is 1. The molecule has 1 amide bonds. The summed E-state index contributed by atoms with van der Waals surface area (Å²) in [5.41, 5.74) is 7.17. The molecular formula is C15H23N3O. The van der Waals surface area contributed by atoms with Gasteiger partial charge in [0.05, 0.1) is 0 Å². The van der Waals surface area contributed by atoms with E-state index in [1.54, 1.807) is 6.20 Å². The zero-order valence-corrected chi connectivity index (χ0v) is 11.6. The zero-order valence-electron chi connectivity index (χ0n) is 11.6. The molecule has 2 N–H and O–H groups in total. The molecule has 1 aliphatic rings. The van der Waals surface area contributed by atoms with Crippen LogP contribution in [0.25, 0.3) is 0 Å². The van der Waals surface area contributed by atoms with E-state index in [-0.39, 0.29) is 11.3 Å². The van der Waals surface area contributed by atoms with E-state index in [0.29, 0.717) is 13.0 Å². The molecule has 1 aliphatic carbocycles. The van der Waals surface area contributed by atoms with E-state index in [9.17, 15) is 4.79 Å². The van der Waals surface area contributed by atoms with Gasteiger partial charge < -0.3 is 10.6 Å². The van der Waals surface area contributed by atoms with Crippen molar-refractivity contribution < 1.29 is 4.79 Å². The highest BCUT2D eigenvalue weighted by Crippen LogP contribution is 2.44. The summed E-state index contributed by atoms with van der Waals surface area (Å²) >= 11 is 0. The molecule has 19 heavy (non-hydrogen) atoms. The first kappa shape index (κ1) is 14.0. The fraction of sp³-hybridized carbons (Fsp3) is 0.600. The quantitative estimate of drug-likeness (QED) is 0.811. The Hall–Kier alpha value is -1.42. The van der Waals surface area contributed by atoms with Gasteiger partial charge in [-0.15, -0.1) is 0 Å². The number of carbonyl (C=O) groups excluding carboxylic acids is 1. The lowest BCUT2D eigenvalue weighted by atomic mass is 10.1. The Bertz CT molecular complexity index is 415. The predicted octanol–water partition coefficient (Wildman–Crippen LogP) is 1.60. The first-order valence-corrected chi connectivity index (χ1v) is 6.98. The van der Waals surface area contributed by atoms with Crippen LogP contribution >= 0.6 is 0 Å². The molecule has 1 heterocycles. The summed E-state index contributed by atoms with van der Waals surface area (Å²) in [6.07, 6.45) is 8.35. The van der Waals surface area contributed by atoms with E-state index in [2.05, 4.69) is 11.1 Å². The van der Waals surface area contributed by atoms with Crippen molar-refractivity contribution in [3.63, 3.8) is 0 Å². The maximum atomic E-state index is 12.0. The molecule has 1 saturated carbocycles. The maximum Gasteiger partial charge on any atom is 0.222 e. The molecule has 0 atom stereocenters. The molecular weight excluding hydrogens is 238 g/mol. The molecule has 1 aromatic heterocycles. The number of hydrogen-bond acceptors (Lipinski definition) is 3. The fourth-order valence-corrected chi connectivity index (χ4v) is 2.38. The number of pyridine rings is 1. The van der Waals surface area contributed by atoms with Crippen LogP contribution in [0.1, 0.15) is 31.2 Å². The van der Waals surface area contributed by atoms with Gasteiger partial charge >= 0.3 is 0 Å². The van der Waals surface area contributed by atoms with Gasteiger partial charge in [-0.1, -0.05) is 6.07 Å². The summed E-state index contributed by atoms with van der Waals surface area (Å²) in [5, 5.41) is 0. The van der Waals surface area contributed by atoms with Crippen molar-refractivity contribution in [2.45, 2.75) is 32.1 Å². The van der Waals surface area contributed by atoms with Gasteiger partial charge in [-0.25, -0.2) is 0 Å². The van der Waals surface area contributed by atoms with Crippen LogP contribution in [0.4, 0.5) is 0 Å². The summed E-state index contributed by atoms with van der Waals surface area (Å²) in [6, 6.07) is 3.98. The van der Waals surface area contributed by atoms with Gasteiger partial charge in [-0.2, -0.15) is 0 Å². The van der Waals surface area contributed by atoms with E-state index >= 15 is 0 Å². The van der Waals surface area contributed by atoms with Crippen LogP contribution in [-0.2, 0) is 11.2 Å². The largest absolute Gasteiger partial charge is 0.345 e. The van der Waals surface area contributed by atoms with Gasteiger partial charge in [0, 0.05) is 37.8 Å². The summed E-state index contributed by atoms with van der Waals surface area (Å²) < 4.78 is 0. The normalized spacial score (nSPS) is 16.1. The molecule has 1 fully saturated rings. The topological polar surface area (TPSA) is 59.2 Å². The van der Waals surface area contributed by atoms with Crippen LogP contribution in [0.5, 0.6) is 0 Å². The molecule has 0 bridgehead atoms. The first-order valence-electron chi connectivity index (χ1n) is 6.98. The Labute approximate surface area is 115 Å². The standard InChI is InChI=1S/C15H23N3O/c1-18(12-15(11-16)7-8-15)14(19)6-2-4-13-5-3-9-17-10-13/h3,5,9-10H,2,4,6-8,11-12,16H2,1H3. The third-order valence-electron chi connectivity index (χ3n) is 3.97. The summed E-state index contributed by atoms with van der Waals surface area (Å²) in [6.45, 7) is 1.51. The van der Waals surface area contributed by atoms with Crippen LogP contribution in [-0.4, -0.2) is 35.9 Å². The monoisotopic (exact) mass is 261 g/mol. The average Bonchev–Trinajstić information content (AvgIpc) is 3.20. The van der Waals surface area contributed by atoms with Crippen LogP contribution in [0.3, 0.4) is 0 Å². The predicted molar refractivity (Wildman–Crippen MR) is 75.5 cm³/mol. The highest BCUT2D eigenvalue weighted by Gasteiger charge is 2.42. The third kappa shape index (κ3) is 4.03. The number of amides is 1. The molecule has 4 nitrogen and oxygen atoms in total. The Morgan fingerprint density at radius 1 is 1.53 bits per heavy atom. The van der Waals surface area contributed by atoms with Gasteiger partial charge in [-0.3, -0.25) is 9.78 Å². The van der Waals surface area contributed by atoms with Crippen molar-refractivity contribution in [3.8, 4) is 0 Å². The Kier molecular flexibility index (Phi) is 4.53. The van der Waals surface area contributed by atoms with Gasteiger partial charge in [0.2, 0.25) is 5.91 Å². The van der Waals surface area contributed by atoms with Crippen molar-refractivity contribution in [3.05, 3.63) is 30.1 Å². The lowest BCUT2D eigenvalue weighted by Crippen LogP contribution is -2.35. The van der Waals surface area contributed by atoms with Gasteiger partial charge in [0.15, 0.2) is 0 Å². The Balaban J connectivity index is 1.69. The number of nitrogens with zero attached hydrogens (tertiary/aromatic N) is 2. The lowest BCUT2D eigenvalue weighted by Gasteiger charge is -2.22. The second-order valence-corrected chi connectivity index (χ2v) is 5.67. The van der Waals surface area contributed by atoms with E-state index in [1.165, 1.54) is 5.56 Å². The molecule has 0 radical (unpaired) electrons. The maximum absolute atomic E-state index is 12.0. The Morgan fingerprint density at radius 3 is 2.89 bits per heavy atom. The molecule has 0 unspecified atom stereocenters. The zero-order chi connectivity index (χ0) is 13.7. The molecule has 1 aromatic rings. The van der Waals surface area contributed by atoms with Crippen molar-refractivity contribution in [2.24, 2.45) is 11.1 Å². The van der Waals surface area contributed by atoms with Gasteiger partial charge in [-0.05, 0) is 43.9 Å². The van der Waals surface area contributed by atoms with Crippen LogP contribution in [0, 0.1) is 5.41 Å². The molecule has 2 rings (SSSR count). The minimum atomic E-state index is 0.226. The van der Waals surface area contributed by atoms with Gasteiger partial charge in [0.25, 0.3) is 0 Å². The van der Waals surface area contributed by atoms with Crippen molar-refractivity contribution >= 4 is 5.91 Å². The van der Waals surface area contributed by atoms with Crippen molar-refractivity contribution in [2.75, 3.05) is 20.1 Å². The molecule has 4 heteroatoms. The van der Waals surface area contributed by atoms with E-state index in [4.69, 9.17) is 5.73 Å². The molecule has 0 spiro atoms. The number of rotatable bonds is 7. The summed E-state index contributed by atoms with van der Waals surface area (Å²) in [4.78, 5) is 18.0. The summed E-state index contributed by atoms with van der Waals surface area (Å²) in [7, 11) is 1.89. The smallest absolute Gasteiger partial charge is 0.222 e. The van der Waals surface area contributed by atoms with E-state index < -0.39 is 0 Å². The highest BCUT2D eigenvalue weighted by atomic mass is 16.2. The fourth-order valence-electron chi connectivity index (χ4n) is 2.38. The minimum Gasteiger partial charge on any atom is -0.345 e. The second-order valence-electron chi connectivity index (χ2n) is 5.67. The minimum absolute atomic E-state index is 0.226. The van der Waals surface area contributed by atoms with Crippen LogP contribution in [0.15, 0.2) is 24.5 Å². The molecule has 0 saturated heterocycles. The number of nitrogens with two attached hydrogens (primary N) is 1. The Morgan fingerprint density at radius 2 is 2.32 bits per heavy atom. The third-order valence-corrected chi connectivity index (χ3v) is 3.97. The van der Waals surface area contributed by atoms with Crippen molar-refractivity contribution in [1.29, 1.82) is 0 Å². The molecule has 104 valence electrons. The van der Waals surface area contributed by atoms with E-state index in [1.807, 2.05) is 24.2 Å². The average molecular weight is 261 g/mol. The molecule has 0 aromatic carbocycles. The van der Waals surface area contributed by atoms with E-state index in [0.717, 1.165) is 32.2 Å². The molecule has 0 aliphatic heterocycles. The number of carbonyl (C=O) groups is 1. The van der Waals surface area contributed by atoms with Crippen LogP contribution in [0.2, 0.25) is 0 Å². The van der Waals surface area contributed by atoms with Gasteiger partial charge in [0.1, 0.15) is 0 Å². The number of aryl methyl sites for hydroxylation is 1. The van der Waals surface area contributed by atoms with Crippen LogP contribution < -0.4 is 5.73 Å². The van der Waals surface area contributed by atoms with Crippen molar-refractivity contribution in [1.82, 2.24) is 9.88 Å². The highest BCUT2D eigenvalue weighted by molar-refractivity contribution is 5.75. The second kappa shape index (κ2) is 6.15.